The molecule has 2 fully saturated rings. The van der Waals surface area contributed by atoms with Gasteiger partial charge >= 0.3 is 0 Å². The van der Waals surface area contributed by atoms with E-state index < -0.39 is 10.0 Å². The van der Waals surface area contributed by atoms with Crippen molar-refractivity contribution in [2.45, 2.75) is 36.5 Å². The van der Waals surface area contributed by atoms with Crippen molar-refractivity contribution in [2.75, 3.05) is 26.2 Å². The number of nitrogens with zero attached hydrogens (tertiary/aromatic N) is 4. The Labute approximate surface area is 193 Å². The first kappa shape index (κ1) is 21.8. The number of rotatable bonds is 5. The molecule has 0 radical (unpaired) electrons. The molecule has 0 saturated carbocycles. The van der Waals surface area contributed by atoms with Crippen molar-refractivity contribution < 1.29 is 17.7 Å². The Bertz CT molecular complexity index is 1220. The minimum Gasteiger partial charge on any atom is -0.339 e. The average molecular weight is 467 g/mol. The number of sulfonamides is 1. The maximum Gasteiger partial charge on any atom is 0.253 e. The molecule has 3 aromatic rings. The fourth-order valence-corrected chi connectivity index (χ4v) is 6.02. The number of hydrogen-bond acceptors (Lipinski definition) is 6. The lowest BCUT2D eigenvalue weighted by molar-refractivity contribution is 0.0695. The van der Waals surface area contributed by atoms with Crippen molar-refractivity contribution in [1.82, 2.24) is 19.3 Å². The molecule has 2 aromatic carbocycles. The second-order valence-electron chi connectivity index (χ2n) is 8.55. The Hall–Kier alpha value is -3.04. The van der Waals surface area contributed by atoms with E-state index in [0.717, 1.165) is 25.7 Å². The van der Waals surface area contributed by atoms with Gasteiger partial charge in [0.05, 0.1) is 10.8 Å². The Morgan fingerprint density at radius 3 is 2.39 bits per heavy atom. The van der Waals surface area contributed by atoms with Crippen molar-refractivity contribution in [1.29, 1.82) is 0 Å². The smallest absolute Gasteiger partial charge is 0.253 e. The summed E-state index contributed by atoms with van der Waals surface area (Å²) in [6.07, 6.45) is 3.54. The van der Waals surface area contributed by atoms with Crippen LogP contribution in [0.15, 0.2) is 64.0 Å². The van der Waals surface area contributed by atoms with Crippen molar-refractivity contribution in [3.05, 3.63) is 66.1 Å². The molecule has 1 unspecified atom stereocenters. The molecule has 1 aromatic heterocycles. The van der Waals surface area contributed by atoms with Crippen molar-refractivity contribution in [3.8, 4) is 11.4 Å². The van der Waals surface area contributed by atoms with Gasteiger partial charge in [-0.25, -0.2) is 8.42 Å². The number of aromatic nitrogens is 2. The topological polar surface area (TPSA) is 96.6 Å². The summed E-state index contributed by atoms with van der Waals surface area (Å²) < 4.78 is 32.5. The predicted molar refractivity (Wildman–Crippen MR) is 122 cm³/mol. The highest BCUT2D eigenvalue weighted by Crippen LogP contribution is 2.29. The van der Waals surface area contributed by atoms with Crippen LogP contribution >= 0.6 is 0 Å². The molecule has 0 bridgehead atoms. The van der Waals surface area contributed by atoms with Crippen molar-refractivity contribution in [2.24, 2.45) is 0 Å². The van der Waals surface area contributed by atoms with E-state index in [-0.39, 0.29) is 16.7 Å². The largest absolute Gasteiger partial charge is 0.339 e. The molecule has 33 heavy (non-hydrogen) atoms. The molecule has 0 spiro atoms. The van der Waals surface area contributed by atoms with Gasteiger partial charge in [-0.1, -0.05) is 23.4 Å². The summed E-state index contributed by atoms with van der Waals surface area (Å²) in [6, 6.07) is 15.9. The maximum absolute atomic E-state index is 12.8. The molecule has 9 heteroatoms. The third kappa shape index (κ3) is 4.43. The van der Waals surface area contributed by atoms with Crippen LogP contribution in [-0.2, 0) is 10.0 Å². The minimum atomic E-state index is -3.46. The maximum atomic E-state index is 12.8. The Balaban J connectivity index is 1.29. The van der Waals surface area contributed by atoms with Crippen LogP contribution in [0.1, 0.15) is 47.8 Å². The number of carbonyl (C=O) groups is 1. The van der Waals surface area contributed by atoms with E-state index in [1.165, 1.54) is 4.31 Å². The molecular weight excluding hydrogens is 440 g/mol. The van der Waals surface area contributed by atoms with E-state index in [1.54, 1.807) is 24.3 Å². The van der Waals surface area contributed by atoms with Gasteiger partial charge in [-0.3, -0.25) is 4.79 Å². The number of benzene rings is 2. The Morgan fingerprint density at radius 1 is 0.939 bits per heavy atom. The monoisotopic (exact) mass is 466 g/mol. The first-order valence-electron chi connectivity index (χ1n) is 11.3. The normalized spacial score (nSPS) is 19.6. The van der Waals surface area contributed by atoms with Crippen LogP contribution in [0, 0.1) is 0 Å². The average Bonchev–Trinajstić information content (AvgIpc) is 3.58. The molecular formula is C24H26N4O4S. The molecule has 1 amide bonds. The molecule has 0 N–H and O–H groups in total. The zero-order valence-electron chi connectivity index (χ0n) is 18.3. The van der Waals surface area contributed by atoms with E-state index in [1.807, 2.05) is 35.2 Å². The van der Waals surface area contributed by atoms with E-state index in [9.17, 15) is 13.2 Å². The quantitative estimate of drug-likeness (QED) is 0.571. The first-order valence-corrected chi connectivity index (χ1v) is 12.7. The summed E-state index contributed by atoms with van der Waals surface area (Å²) in [6.45, 7) is 2.38. The molecule has 172 valence electrons. The summed E-state index contributed by atoms with van der Waals surface area (Å²) >= 11 is 0. The van der Waals surface area contributed by atoms with Crippen LogP contribution in [0.4, 0.5) is 0 Å². The zero-order chi connectivity index (χ0) is 22.8. The molecule has 1 atom stereocenters. The van der Waals surface area contributed by atoms with Gasteiger partial charge in [0, 0.05) is 37.3 Å². The fraction of sp³-hybridized carbons (Fsp3) is 0.375. The van der Waals surface area contributed by atoms with Gasteiger partial charge in [0.2, 0.25) is 21.7 Å². The van der Waals surface area contributed by atoms with E-state index in [4.69, 9.17) is 4.52 Å². The van der Waals surface area contributed by atoms with E-state index >= 15 is 0 Å². The molecule has 2 saturated heterocycles. The minimum absolute atomic E-state index is 0.00911. The lowest BCUT2D eigenvalue weighted by Gasteiger charge is -2.31. The molecule has 2 aliphatic rings. The second-order valence-corrected chi connectivity index (χ2v) is 10.5. The van der Waals surface area contributed by atoms with Gasteiger partial charge in [-0.2, -0.15) is 9.29 Å². The number of carbonyl (C=O) groups excluding carboxylic acids is 1. The van der Waals surface area contributed by atoms with Crippen molar-refractivity contribution >= 4 is 15.9 Å². The summed E-state index contributed by atoms with van der Waals surface area (Å²) in [4.78, 5) is 19.5. The molecule has 2 aliphatic heterocycles. The van der Waals surface area contributed by atoms with Gasteiger partial charge in [-0.05, 0) is 62.1 Å². The molecule has 5 rings (SSSR count). The molecule has 3 heterocycles. The lowest BCUT2D eigenvalue weighted by atomic mass is 9.97. The Kier molecular flexibility index (Phi) is 5.99. The Morgan fingerprint density at radius 2 is 1.67 bits per heavy atom. The van der Waals surface area contributed by atoms with Gasteiger partial charge < -0.3 is 9.42 Å². The van der Waals surface area contributed by atoms with Gasteiger partial charge in [0.1, 0.15) is 0 Å². The van der Waals surface area contributed by atoms with Crippen LogP contribution in [-0.4, -0.2) is 59.8 Å². The van der Waals surface area contributed by atoms with Gasteiger partial charge in [0.15, 0.2) is 0 Å². The highest BCUT2D eigenvalue weighted by Gasteiger charge is 2.30. The summed E-state index contributed by atoms with van der Waals surface area (Å²) in [5, 5.41) is 4.11. The second kappa shape index (κ2) is 9.07. The third-order valence-corrected chi connectivity index (χ3v) is 8.25. The summed E-state index contributed by atoms with van der Waals surface area (Å²) in [5.41, 5.74) is 1.37. The standard InChI is InChI=1S/C24H26N4O4S/c29-24(19-7-2-1-3-8-19)27-14-6-9-20(17-27)23-25-22(26-32-23)18-10-12-21(13-11-18)33(30,31)28-15-4-5-16-28/h1-3,7-8,10-13,20H,4-6,9,14-17H2. The zero-order valence-corrected chi connectivity index (χ0v) is 19.1. The van der Waals surface area contributed by atoms with Crippen LogP contribution in [0.5, 0.6) is 0 Å². The van der Waals surface area contributed by atoms with Crippen molar-refractivity contribution in [3.63, 3.8) is 0 Å². The summed E-state index contributed by atoms with van der Waals surface area (Å²) in [7, 11) is -3.46. The summed E-state index contributed by atoms with van der Waals surface area (Å²) in [5.74, 6) is 0.906. The van der Waals surface area contributed by atoms with E-state index in [0.29, 0.717) is 49.0 Å². The van der Waals surface area contributed by atoms with Gasteiger partial charge in [-0.15, -0.1) is 0 Å². The SMILES string of the molecule is O=C(c1ccccc1)N1CCCC(c2nc(-c3ccc(S(=O)(=O)N4CCCC4)cc3)no2)C1. The molecule has 0 aliphatic carbocycles. The third-order valence-electron chi connectivity index (χ3n) is 6.34. The van der Waals surface area contributed by atoms with Crippen LogP contribution in [0.3, 0.4) is 0 Å². The van der Waals surface area contributed by atoms with E-state index in [2.05, 4.69) is 10.1 Å². The number of likely N-dealkylation sites (tertiary alicyclic amines) is 1. The fourth-order valence-electron chi connectivity index (χ4n) is 4.50. The first-order chi connectivity index (χ1) is 16.0. The molecule has 8 nitrogen and oxygen atoms in total. The predicted octanol–water partition coefficient (Wildman–Crippen LogP) is 3.54. The van der Waals surface area contributed by atoms with Crippen LogP contribution in [0.25, 0.3) is 11.4 Å². The number of piperidine rings is 1. The van der Waals surface area contributed by atoms with Gasteiger partial charge in [0.25, 0.3) is 5.91 Å². The lowest BCUT2D eigenvalue weighted by Crippen LogP contribution is -2.39. The van der Waals surface area contributed by atoms with Crippen LogP contribution in [0.2, 0.25) is 0 Å². The highest BCUT2D eigenvalue weighted by molar-refractivity contribution is 7.89. The highest BCUT2D eigenvalue weighted by atomic mass is 32.2. The number of amides is 1. The van der Waals surface area contributed by atoms with Crippen LogP contribution < -0.4 is 0 Å². The number of hydrogen-bond donors (Lipinski definition) is 0.